The lowest BCUT2D eigenvalue weighted by Gasteiger charge is -2.18. The molecule has 27 heavy (non-hydrogen) atoms. The van der Waals surface area contributed by atoms with Gasteiger partial charge in [-0.2, -0.15) is 4.39 Å². The van der Waals surface area contributed by atoms with Gasteiger partial charge in [-0.05, 0) is 54.8 Å². The molecule has 0 saturated heterocycles. The Balaban J connectivity index is 1.90. The van der Waals surface area contributed by atoms with Crippen molar-refractivity contribution in [2.24, 2.45) is 0 Å². The van der Waals surface area contributed by atoms with Crippen LogP contribution in [0.15, 0.2) is 36.5 Å². The predicted octanol–water partition coefficient (Wildman–Crippen LogP) is 3.27. The van der Waals surface area contributed by atoms with Crippen LogP contribution in [0.4, 0.5) is 14.6 Å². The summed E-state index contributed by atoms with van der Waals surface area (Å²) in [5.74, 6) is -1.76. The molecule has 0 fully saturated rings. The first-order valence-corrected chi connectivity index (χ1v) is 8.44. The second-order valence-electron chi connectivity index (χ2n) is 6.44. The van der Waals surface area contributed by atoms with E-state index in [4.69, 9.17) is 5.73 Å². The molecule has 7 heteroatoms. The summed E-state index contributed by atoms with van der Waals surface area (Å²) in [7, 11) is 0. The van der Waals surface area contributed by atoms with Gasteiger partial charge in [0.05, 0.1) is 0 Å². The number of aryl methyl sites for hydroxylation is 1. The number of hydrogen-bond donors (Lipinski definition) is 2. The molecule has 3 heterocycles. The fraction of sp³-hybridized carbons (Fsp3) is 0.150. The number of anilines is 1. The average Bonchev–Trinajstić information content (AvgIpc) is 2.62. The number of nitrogens with two attached hydrogens (primary N) is 1. The molecular weight excluding hydrogens is 350 g/mol. The zero-order valence-corrected chi connectivity index (χ0v) is 14.5. The Morgan fingerprint density at radius 1 is 1.07 bits per heavy atom. The molecule has 0 unspecified atom stereocenters. The van der Waals surface area contributed by atoms with E-state index in [1.54, 1.807) is 31.3 Å². The topological polar surface area (TPSA) is 80.9 Å². The smallest absolute Gasteiger partial charge is 0.251 e. The van der Waals surface area contributed by atoms with Crippen molar-refractivity contribution < 1.29 is 13.6 Å². The van der Waals surface area contributed by atoms with E-state index in [-0.39, 0.29) is 28.4 Å². The molecule has 1 aliphatic heterocycles. The van der Waals surface area contributed by atoms with Gasteiger partial charge in [0.25, 0.3) is 5.91 Å². The molecule has 1 amide bonds. The Morgan fingerprint density at radius 3 is 2.67 bits per heavy atom. The Bertz CT molecular complexity index is 1080. The van der Waals surface area contributed by atoms with E-state index in [1.165, 1.54) is 12.1 Å². The number of carbonyl (C=O) groups is 1. The third-order valence-corrected chi connectivity index (χ3v) is 4.62. The van der Waals surface area contributed by atoms with Crippen LogP contribution in [0.3, 0.4) is 0 Å². The minimum Gasteiger partial charge on any atom is -0.383 e. The number of nitrogen functional groups attached to an aromatic ring is 1. The molecular formula is C20H16F2N4O. The number of nitrogens with zero attached hydrogens (tertiary/aromatic N) is 2. The maximum absolute atomic E-state index is 14.7. The molecule has 3 N–H and O–H groups in total. The number of hydrogen-bond acceptors (Lipinski definition) is 4. The van der Waals surface area contributed by atoms with Crippen LogP contribution in [-0.4, -0.2) is 22.4 Å². The number of rotatable bonds is 2. The van der Waals surface area contributed by atoms with Gasteiger partial charge in [-0.15, -0.1) is 0 Å². The molecule has 0 radical (unpaired) electrons. The van der Waals surface area contributed by atoms with E-state index in [0.29, 0.717) is 24.1 Å². The van der Waals surface area contributed by atoms with Crippen LogP contribution in [0.5, 0.6) is 0 Å². The van der Waals surface area contributed by atoms with Gasteiger partial charge in [0, 0.05) is 40.7 Å². The molecule has 3 aromatic rings. The first kappa shape index (κ1) is 17.1. The van der Waals surface area contributed by atoms with Crippen LogP contribution in [0.1, 0.15) is 21.6 Å². The van der Waals surface area contributed by atoms with Crippen molar-refractivity contribution in [2.75, 3.05) is 12.3 Å². The van der Waals surface area contributed by atoms with Gasteiger partial charge in [0.1, 0.15) is 11.6 Å². The molecule has 0 atom stereocenters. The van der Waals surface area contributed by atoms with Gasteiger partial charge in [0.15, 0.2) is 0 Å². The first-order chi connectivity index (χ1) is 12.9. The summed E-state index contributed by atoms with van der Waals surface area (Å²) in [4.78, 5) is 19.8. The normalized spacial score (nSPS) is 13.2. The van der Waals surface area contributed by atoms with Crippen LogP contribution in [-0.2, 0) is 6.42 Å². The van der Waals surface area contributed by atoms with Gasteiger partial charge in [0.2, 0.25) is 5.95 Å². The minimum atomic E-state index is -0.736. The maximum atomic E-state index is 14.7. The van der Waals surface area contributed by atoms with Crippen molar-refractivity contribution in [3.63, 3.8) is 0 Å². The lowest BCUT2D eigenvalue weighted by Crippen LogP contribution is -2.32. The van der Waals surface area contributed by atoms with Crippen LogP contribution in [0.25, 0.3) is 22.3 Å². The van der Waals surface area contributed by atoms with E-state index in [9.17, 15) is 13.6 Å². The number of carbonyl (C=O) groups excluding carboxylic acids is 1. The van der Waals surface area contributed by atoms with E-state index in [0.717, 1.165) is 11.3 Å². The molecule has 1 aromatic carbocycles. The summed E-state index contributed by atoms with van der Waals surface area (Å²) in [6.07, 6.45) is 2.15. The lowest BCUT2D eigenvalue weighted by molar-refractivity contribution is 0.0945. The molecule has 1 aliphatic rings. The summed E-state index contributed by atoms with van der Waals surface area (Å²) in [6, 6.07) is 7.64. The number of pyridine rings is 2. The molecule has 0 aliphatic carbocycles. The third-order valence-electron chi connectivity index (χ3n) is 4.62. The molecule has 4 rings (SSSR count). The van der Waals surface area contributed by atoms with Gasteiger partial charge < -0.3 is 11.1 Å². The zero-order chi connectivity index (χ0) is 19.1. The molecule has 0 saturated carbocycles. The van der Waals surface area contributed by atoms with Gasteiger partial charge >= 0.3 is 0 Å². The summed E-state index contributed by atoms with van der Waals surface area (Å²) in [5, 5.41) is 2.68. The molecule has 5 nitrogen and oxygen atoms in total. The highest BCUT2D eigenvalue weighted by Gasteiger charge is 2.22. The fourth-order valence-electron chi connectivity index (χ4n) is 3.28. The number of amides is 1. The number of benzene rings is 1. The average molecular weight is 366 g/mol. The van der Waals surface area contributed by atoms with Crippen molar-refractivity contribution in [1.29, 1.82) is 0 Å². The van der Waals surface area contributed by atoms with E-state index in [1.807, 2.05) is 0 Å². The third kappa shape index (κ3) is 3.01. The van der Waals surface area contributed by atoms with Crippen molar-refractivity contribution in [2.45, 2.75) is 13.3 Å². The standard InChI is InChI=1S/C20H16F2N4O/c1-10-6-11(2-4-24-10)13-8-16(19(23)26-18(13)22)15-7-12-3-5-25-20(27)14(12)9-17(15)21/h2,4,6-9H,3,5H2,1H3,(H2,23,26)(H,25,27). The maximum Gasteiger partial charge on any atom is 0.251 e. The van der Waals surface area contributed by atoms with E-state index < -0.39 is 11.8 Å². The number of halogens is 2. The van der Waals surface area contributed by atoms with Gasteiger partial charge in [-0.25, -0.2) is 9.37 Å². The lowest BCUT2D eigenvalue weighted by atomic mass is 9.93. The summed E-state index contributed by atoms with van der Waals surface area (Å²) < 4.78 is 29.2. The van der Waals surface area contributed by atoms with Crippen LogP contribution in [0.2, 0.25) is 0 Å². The van der Waals surface area contributed by atoms with Crippen LogP contribution < -0.4 is 11.1 Å². The monoisotopic (exact) mass is 366 g/mol. The first-order valence-electron chi connectivity index (χ1n) is 8.44. The second kappa shape index (κ2) is 6.42. The van der Waals surface area contributed by atoms with Gasteiger partial charge in [-0.1, -0.05) is 0 Å². The van der Waals surface area contributed by atoms with Crippen molar-refractivity contribution in [3.05, 3.63) is 65.1 Å². The Kier molecular flexibility index (Phi) is 4.07. The predicted molar refractivity (Wildman–Crippen MR) is 98.0 cm³/mol. The van der Waals surface area contributed by atoms with Crippen molar-refractivity contribution in [3.8, 4) is 22.3 Å². The fourth-order valence-corrected chi connectivity index (χ4v) is 3.28. The van der Waals surface area contributed by atoms with Crippen molar-refractivity contribution >= 4 is 11.7 Å². The quantitative estimate of drug-likeness (QED) is 0.682. The Labute approximate surface area is 154 Å². The highest BCUT2D eigenvalue weighted by molar-refractivity contribution is 5.97. The number of aromatic nitrogens is 2. The van der Waals surface area contributed by atoms with Crippen LogP contribution >= 0.6 is 0 Å². The highest BCUT2D eigenvalue weighted by Crippen LogP contribution is 2.34. The molecule has 2 aromatic heterocycles. The summed E-state index contributed by atoms with van der Waals surface area (Å²) in [6.45, 7) is 2.27. The molecule has 0 bridgehead atoms. The van der Waals surface area contributed by atoms with E-state index >= 15 is 0 Å². The Hall–Kier alpha value is -3.35. The Morgan fingerprint density at radius 2 is 1.89 bits per heavy atom. The van der Waals surface area contributed by atoms with Gasteiger partial charge in [-0.3, -0.25) is 9.78 Å². The number of fused-ring (bicyclic) bond motifs is 1. The second-order valence-corrected chi connectivity index (χ2v) is 6.44. The molecule has 0 spiro atoms. The summed E-state index contributed by atoms with van der Waals surface area (Å²) >= 11 is 0. The highest BCUT2D eigenvalue weighted by atomic mass is 19.1. The zero-order valence-electron chi connectivity index (χ0n) is 14.5. The van der Waals surface area contributed by atoms with E-state index in [2.05, 4.69) is 15.3 Å². The minimum absolute atomic E-state index is 0.110. The molecule has 136 valence electrons. The van der Waals surface area contributed by atoms with Crippen molar-refractivity contribution in [1.82, 2.24) is 15.3 Å². The number of nitrogens with one attached hydrogen (secondary N) is 1. The SMILES string of the molecule is Cc1cc(-c2cc(-c3cc4c(cc3F)C(=O)NCC4)c(N)nc2F)ccn1. The largest absolute Gasteiger partial charge is 0.383 e. The summed E-state index contributed by atoms with van der Waals surface area (Å²) in [5.41, 5.74) is 8.90. The van der Waals surface area contributed by atoms with Crippen LogP contribution in [0, 0.1) is 18.7 Å².